The van der Waals surface area contributed by atoms with Crippen molar-refractivity contribution in [3.05, 3.63) is 35.4 Å². The molecule has 0 heterocycles. The molecule has 0 bridgehead atoms. The third-order valence-electron chi connectivity index (χ3n) is 4.05. The molecule has 21 heavy (non-hydrogen) atoms. The van der Waals surface area contributed by atoms with E-state index < -0.39 is 0 Å². The smallest absolute Gasteiger partial charge is 0.237 e. The van der Waals surface area contributed by atoms with Crippen LogP contribution in [-0.4, -0.2) is 29.4 Å². The van der Waals surface area contributed by atoms with Crippen LogP contribution in [0.2, 0.25) is 0 Å². The van der Waals surface area contributed by atoms with Crippen molar-refractivity contribution < 1.29 is 4.79 Å². The zero-order chi connectivity index (χ0) is 15.8. The van der Waals surface area contributed by atoms with Gasteiger partial charge in [-0.15, -0.1) is 0 Å². The molecule has 0 saturated carbocycles. The van der Waals surface area contributed by atoms with E-state index in [4.69, 9.17) is 5.73 Å². The lowest BCUT2D eigenvalue weighted by molar-refractivity contribution is -0.126. The second-order valence-electron chi connectivity index (χ2n) is 5.53. The van der Waals surface area contributed by atoms with Crippen molar-refractivity contribution in [1.82, 2.24) is 10.2 Å². The van der Waals surface area contributed by atoms with Crippen molar-refractivity contribution in [3.8, 4) is 0 Å². The Bertz CT molecular complexity index is 447. The standard InChI is InChI=1S/C17H29N3O/c1-5-13(3)19-17(21)14(4)20(6-2)12-16-10-8-7-9-15(16)11-18/h7-10,13-14H,5-6,11-12,18H2,1-4H3,(H,19,21). The SMILES string of the molecule is CCC(C)NC(=O)C(C)N(CC)Cc1ccccc1CN. The van der Waals surface area contributed by atoms with Gasteiger partial charge in [-0.1, -0.05) is 38.1 Å². The van der Waals surface area contributed by atoms with Gasteiger partial charge in [-0.3, -0.25) is 9.69 Å². The van der Waals surface area contributed by atoms with Crippen LogP contribution in [0.4, 0.5) is 0 Å². The lowest BCUT2D eigenvalue weighted by Crippen LogP contribution is -2.47. The minimum atomic E-state index is -0.144. The van der Waals surface area contributed by atoms with E-state index in [1.165, 1.54) is 5.56 Å². The zero-order valence-electron chi connectivity index (χ0n) is 13.7. The Morgan fingerprint density at radius 2 is 1.86 bits per heavy atom. The maximum absolute atomic E-state index is 12.3. The monoisotopic (exact) mass is 291 g/mol. The van der Waals surface area contributed by atoms with Crippen LogP contribution < -0.4 is 11.1 Å². The molecule has 0 fully saturated rings. The number of carbonyl (C=O) groups is 1. The first kappa shape index (κ1) is 17.7. The van der Waals surface area contributed by atoms with Gasteiger partial charge in [0.15, 0.2) is 0 Å². The van der Waals surface area contributed by atoms with Gasteiger partial charge >= 0.3 is 0 Å². The molecule has 0 aliphatic rings. The largest absolute Gasteiger partial charge is 0.352 e. The van der Waals surface area contributed by atoms with E-state index in [9.17, 15) is 4.79 Å². The number of hydrogen-bond acceptors (Lipinski definition) is 3. The Morgan fingerprint density at radius 1 is 1.24 bits per heavy atom. The maximum Gasteiger partial charge on any atom is 0.237 e. The number of carbonyl (C=O) groups excluding carboxylic acids is 1. The van der Waals surface area contributed by atoms with E-state index in [2.05, 4.69) is 30.1 Å². The molecular formula is C17H29N3O. The van der Waals surface area contributed by atoms with Crippen LogP contribution in [0.5, 0.6) is 0 Å². The van der Waals surface area contributed by atoms with Crippen molar-refractivity contribution in [3.63, 3.8) is 0 Å². The van der Waals surface area contributed by atoms with Crippen LogP contribution in [0.3, 0.4) is 0 Å². The van der Waals surface area contributed by atoms with Gasteiger partial charge in [-0.2, -0.15) is 0 Å². The van der Waals surface area contributed by atoms with Crippen molar-refractivity contribution in [1.29, 1.82) is 0 Å². The predicted molar refractivity (Wildman–Crippen MR) is 87.8 cm³/mol. The van der Waals surface area contributed by atoms with Gasteiger partial charge < -0.3 is 11.1 Å². The van der Waals surface area contributed by atoms with Gasteiger partial charge in [0.05, 0.1) is 6.04 Å². The van der Waals surface area contributed by atoms with Crippen LogP contribution in [0.1, 0.15) is 45.2 Å². The van der Waals surface area contributed by atoms with Gasteiger partial charge in [0.1, 0.15) is 0 Å². The van der Waals surface area contributed by atoms with Gasteiger partial charge in [0, 0.05) is 19.1 Å². The number of rotatable bonds is 8. The molecule has 1 aromatic carbocycles. The average molecular weight is 291 g/mol. The molecule has 1 aromatic rings. The molecule has 0 aromatic heterocycles. The minimum Gasteiger partial charge on any atom is -0.352 e. The molecule has 1 amide bonds. The number of amides is 1. The van der Waals surface area contributed by atoms with E-state index in [1.54, 1.807) is 0 Å². The second kappa shape index (κ2) is 8.80. The minimum absolute atomic E-state index is 0.0939. The van der Waals surface area contributed by atoms with Crippen molar-refractivity contribution in [2.24, 2.45) is 5.73 Å². The van der Waals surface area contributed by atoms with Crippen LogP contribution in [0.25, 0.3) is 0 Å². The fourth-order valence-corrected chi connectivity index (χ4v) is 2.28. The third kappa shape index (κ3) is 5.14. The Hall–Kier alpha value is -1.39. The van der Waals surface area contributed by atoms with E-state index in [1.807, 2.05) is 32.0 Å². The Morgan fingerprint density at radius 3 is 2.38 bits per heavy atom. The summed E-state index contributed by atoms with van der Waals surface area (Å²) in [5.74, 6) is 0.0939. The summed E-state index contributed by atoms with van der Waals surface area (Å²) >= 11 is 0. The van der Waals surface area contributed by atoms with Gasteiger partial charge in [0.2, 0.25) is 5.91 Å². The van der Waals surface area contributed by atoms with Crippen LogP contribution in [0, 0.1) is 0 Å². The van der Waals surface area contributed by atoms with Crippen molar-refractivity contribution >= 4 is 5.91 Å². The molecule has 2 atom stereocenters. The lowest BCUT2D eigenvalue weighted by Gasteiger charge is -2.28. The second-order valence-corrected chi connectivity index (χ2v) is 5.53. The van der Waals surface area contributed by atoms with E-state index >= 15 is 0 Å². The molecule has 3 N–H and O–H groups in total. The number of nitrogens with one attached hydrogen (secondary N) is 1. The maximum atomic E-state index is 12.3. The van der Waals surface area contributed by atoms with Crippen molar-refractivity contribution in [2.45, 2.75) is 59.3 Å². The fraction of sp³-hybridized carbons (Fsp3) is 0.588. The Balaban J connectivity index is 2.75. The highest BCUT2D eigenvalue weighted by Gasteiger charge is 2.21. The molecule has 2 unspecified atom stereocenters. The molecule has 0 aliphatic carbocycles. The molecule has 4 heteroatoms. The molecule has 0 aliphatic heterocycles. The Kier molecular flexibility index (Phi) is 7.40. The Labute approximate surface area is 128 Å². The number of likely N-dealkylation sites (N-methyl/N-ethyl adjacent to an activating group) is 1. The first-order chi connectivity index (χ1) is 10.0. The fourth-order valence-electron chi connectivity index (χ4n) is 2.28. The van der Waals surface area contributed by atoms with Crippen LogP contribution in [0.15, 0.2) is 24.3 Å². The van der Waals surface area contributed by atoms with E-state index in [0.717, 1.165) is 25.1 Å². The predicted octanol–water partition coefficient (Wildman–Crippen LogP) is 2.27. The van der Waals surface area contributed by atoms with E-state index in [0.29, 0.717) is 6.54 Å². The average Bonchev–Trinajstić information content (AvgIpc) is 2.51. The summed E-state index contributed by atoms with van der Waals surface area (Å²) in [7, 11) is 0. The topological polar surface area (TPSA) is 58.4 Å². The highest BCUT2D eigenvalue weighted by atomic mass is 16.2. The van der Waals surface area contributed by atoms with Gasteiger partial charge in [-0.25, -0.2) is 0 Å². The highest BCUT2D eigenvalue weighted by molar-refractivity contribution is 5.81. The third-order valence-corrected chi connectivity index (χ3v) is 4.05. The van der Waals surface area contributed by atoms with Crippen LogP contribution >= 0.6 is 0 Å². The molecule has 118 valence electrons. The molecule has 0 saturated heterocycles. The molecule has 1 rings (SSSR count). The summed E-state index contributed by atoms with van der Waals surface area (Å²) in [5, 5.41) is 3.05. The van der Waals surface area contributed by atoms with Crippen molar-refractivity contribution in [2.75, 3.05) is 6.54 Å². The quantitative estimate of drug-likeness (QED) is 0.772. The molecule has 4 nitrogen and oxygen atoms in total. The number of nitrogens with zero attached hydrogens (tertiary/aromatic N) is 1. The summed E-state index contributed by atoms with van der Waals surface area (Å²) in [6.45, 7) is 10.3. The summed E-state index contributed by atoms with van der Waals surface area (Å²) in [5.41, 5.74) is 8.13. The summed E-state index contributed by atoms with van der Waals surface area (Å²) in [6, 6.07) is 8.23. The molecule has 0 radical (unpaired) electrons. The van der Waals surface area contributed by atoms with Crippen LogP contribution in [-0.2, 0) is 17.9 Å². The summed E-state index contributed by atoms with van der Waals surface area (Å²) in [6.07, 6.45) is 0.945. The number of nitrogens with two attached hydrogens (primary N) is 1. The normalized spacial score (nSPS) is 14.0. The van der Waals surface area contributed by atoms with E-state index in [-0.39, 0.29) is 18.0 Å². The summed E-state index contributed by atoms with van der Waals surface area (Å²) < 4.78 is 0. The van der Waals surface area contributed by atoms with Gasteiger partial charge in [-0.05, 0) is 37.9 Å². The summed E-state index contributed by atoms with van der Waals surface area (Å²) in [4.78, 5) is 14.5. The highest BCUT2D eigenvalue weighted by Crippen LogP contribution is 2.13. The first-order valence-corrected chi connectivity index (χ1v) is 7.84. The zero-order valence-corrected chi connectivity index (χ0v) is 13.7. The molecular weight excluding hydrogens is 262 g/mol. The number of hydrogen-bond donors (Lipinski definition) is 2. The first-order valence-electron chi connectivity index (χ1n) is 7.84. The molecule has 0 spiro atoms. The lowest BCUT2D eigenvalue weighted by atomic mass is 10.1. The number of benzene rings is 1. The van der Waals surface area contributed by atoms with Gasteiger partial charge in [0.25, 0.3) is 0 Å².